The van der Waals surface area contributed by atoms with Crippen LogP contribution >= 0.6 is 23.2 Å². The smallest absolute Gasteiger partial charge is 0.228 e. The van der Waals surface area contributed by atoms with E-state index in [4.69, 9.17) is 23.2 Å². The van der Waals surface area contributed by atoms with Gasteiger partial charge in [-0.2, -0.15) is 0 Å². The Hall–Kier alpha value is -1.55. The van der Waals surface area contributed by atoms with Crippen LogP contribution in [0.2, 0.25) is 10.0 Å². The number of aryl methyl sites for hydroxylation is 1. The van der Waals surface area contributed by atoms with Crippen molar-refractivity contribution in [2.24, 2.45) is 5.92 Å². The zero-order chi connectivity index (χ0) is 18.5. The van der Waals surface area contributed by atoms with Gasteiger partial charge < -0.3 is 5.32 Å². The Bertz CT molecular complexity index is 761. The van der Waals surface area contributed by atoms with Gasteiger partial charge in [-0.05, 0) is 61.2 Å². The first-order valence-corrected chi connectivity index (χ1v) is 9.87. The highest BCUT2D eigenvalue weighted by Gasteiger charge is 2.26. The maximum absolute atomic E-state index is 12.6. The first-order chi connectivity index (χ1) is 12.5. The Balaban J connectivity index is 1.58. The second kappa shape index (κ2) is 8.90. The Kier molecular flexibility index (Phi) is 6.58. The van der Waals surface area contributed by atoms with Crippen molar-refractivity contribution in [2.75, 3.05) is 18.4 Å². The van der Waals surface area contributed by atoms with Gasteiger partial charge in [0.1, 0.15) is 0 Å². The van der Waals surface area contributed by atoms with E-state index in [1.807, 2.05) is 30.3 Å². The number of nitrogens with one attached hydrogen (secondary N) is 1. The van der Waals surface area contributed by atoms with Crippen LogP contribution in [0, 0.1) is 5.92 Å². The fourth-order valence-electron chi connectivity index (χ4n) is 3.38. The number of carbonyl (C=O) groups excluding carboxylic acids is 1. The van der Waals surface area contributed by atoms with E-state index in [1.54, 1.807) is 0 Å². The maximum atomic E-state index is 12.6. The topological polar surface area (TPSA) is 32.3 Å². The molecule has 0 radical (unpaired) electrons. The third-order valence-corrected chi connectivity index (χ3v) is 5.64. The van der Waals surface area contributed by atoms with Crippen LogP contribution in [-0.2, 0) is 17.8 Å². The molecule has 5 heteroatoms. The van der Waals surface area contributed by atoms with Crippen molar-refractivity contribution < 1.29 is 4.79 Å². The summed E-state index contributed by atoms with van der Waals surface area (Å²) < 4.78 is 0. The van der Waals surface area contributed by atoms with Gasteiger partial charge in [-0.25, -0.2) is 0 Å². The van der Waals surface area contributed by atoms with E-state index in [0.29, 0.717) is 10.0 Å². The molecule has 1 unspecified atom stereocenters. The Labute approximate surface area is 165 Å². The van der Waals surface area contributed by atoms with E-state index < -0.39 is 0 Å². The van der Waals surface area contributed by atoms with Gasteiger partial charge in [0.05, 0.1) is 16.0 Å². The molecular weight excluding hydrogens is 367 g/mol. The van der Waals surface area contributed by atoms with E-state index in [1.165, 1.54) is 5.56 Å². The summed E-state index contributed by atoms with van der Waals surface area (Å²) in [5, 5.41) is 4.20. The number of carbonyl (C=O) groups is 1. The average Bonchev–Trinajstić information content (AvgIpc) is 2.65. The van der Waals surface area contributed by atoms with Crippen molar-refractivity contribution in [1.29, 1.82) is 0 Å². The minimum absolute atomic E-state index is 0.0115. The molecule has 1 N–H and O–H groups in total. The lowest BCUT2D eigenvalue weighted by molar-refractivity contribution is -0.121. The van der Waals surface area contributed by atoms with Crippen LogP contribution in [0.3, 0.4) is 0 Å². The van der Waals surface area contributed by atoms with Crippen molar-refractivity contribution in [2.45, 2.75) is 32.7 Å². The van der Waals surface area contributed by atoms with Gasteiger partial charge in [0.25, 0.3) is 0 Å². The predicted molar refractivity (Wildman–Crippen MR) is 109 cm³/mol. The van der Waals surface area contributed by atoms with Crippen LogP contribution in [0.1, 0.15) is 30.9 Å². The van der Waals surface area contributed by atoms with Crippen molar-refractivity contribution in [3.05, 3.63) is 63.6 Å². The zero-order valence-electron chi connectivity index (χ0n) is 15.0. The molecule has 3 rings (SSSR count). The van der Waals surface area contributed by atoms with E-state index in [2.05, 4.69) is 29.3 Å². The molecule has 1 fully saturated rings. The third kappa shape index (κ3) is 5.00. The number of benzene rings is 2. The number of piperidine rings is 1. The molecule has 1 aliphatic rings. The summed E-state index contributed by atoms with van der Waals surface area (Å²) in [6.07, 6.45) is 2.95. The number of halogens is 2. The maximum Gasteiger partial charge on any atom is 0.228 e. The van der Waals surface area contributed by atoms with Gasteiger partial charge in [-0.15, -0.1) is 0 Å². The number of hydrogen-bond donors (Lipinski definition) is 1. The summed E-state index contributed by atoms with van der Waals surface area (Å²) in [4.78, 5) is 15.0. The summed E-state index contributed by atoms with van der Waals surface area (Å²) >= 11 is 12.1. The second-order valence-electron chi connectivity index (χ2n) is 6.86. The van der Waals surface area contributed by atoms with Gasteiger partial charge in [-0.1, -0.05) is 48.3 Å². The molecule has 0 aliphatic carbocycles. The SMILES string of the molecule is CCc1ccc(NC(=O)C2CCCN(Cc3ccc(Cl)c(Cl)c3)C2)cc1. The lowest BCUT2D eigenvalue weighted by atomic mass is 9.96. The Morgan fingerprint density at radius 1 is 1.12 bits per heavy atom. The number of amides is 1. The summed E-state index contributed by atoms with van der Waals surface area (Å²) in [5.74, 6) is 0.116. The monoisotopic (exact) mass is 390 g/mol. The summed E-state index contributed by atoms with van der Waals surface area (Å²) in [6, 6.07) is 13.8. The average molecular weight is 391 g/mol. The molecule has 0 bridgehead atoms. The van der Waals surface area contributed by atoms with Gasteiger partial charge in [-0.3, -0.25) is 9.69 Å². The molecule has 3 nitrogen and oxygen atoms in total. The largest absolute Gasteiger partial charge is 0.326 e. The van der Waals surface area contributed by atoms with Crippen molar-refractivity contribution in [3.63, 3.8) is 0 Å². The zero-order valence-corrected chi connectivity index (χ0v) is 16.5. The van der Waals surface area contributed by atoms with Gasteiger partial charge >= 0.3 is 0 Å². The number of nitrogens with zero attached hydrogens (tertiary/aromatic N) is 1. The van der Waals surface area contributed by atoms with E-state index >= 15 is 0 Å². The fourth-order valence-corrected chi connectivity index (χ4v) is 3.70. The quantitative estimate of drug-likeness (QED) is 0.740. The molecule has 2 aromatic carbocycles. The van der Waals surface area contributed by atoms with Crippen molar-refractivity contribution in [1.82, 2.24) is 4.90 Å². The second-order valence-corrected chi connectivity index (χ2v) is 7.68. The Morgan fingerprint density at radius 2 is 1.85 bits per heavy atom. The predicted octanol–water partition coefficient (Wildman–Crippen LogP) is 5.41. The molecule has 0 saturated carbocycles. The number of anilines is 1. The first-order valence-electron chi connectivity index (χ1n) is 9.11. The van der Waals surface area contributed by atoms with Crippen LogP contribution in [-0.4, -0.2) is 23.9 Å². The molecule has 1 saturated heterocycles. The summed E-state index contributed by atoms with van der Waals surface area (Å²) in [5.41, 5.74) is 3.26. The number of likely N-dealkylation sites (tertiary alicyclic amines) is 1. The molecule has 0 spiro atoms. The molecule has 26 heavy (non-hydrogen) atoms. The number of hydrogen-bond acceptors (Lipinski definition) is 2. The van der Waals surface area contributed by atoms with Crippen LogP contribution in [0.4, 0.5) is 5.69 Å². The van der Waals surface area contributed by atoms with Crippen molar-refractivity contribution >= 4 is 34.8 Å². The van der Waals surface area contributed by atoms with Crippen LogP contribution in [0.5, 0.6) is 0 Å². The van der Waals surface area contributed by atoms with E-state index in [-0.39, 0.29) is 11.8 Å². The molecule has 2 aromatic rings. The van der Waals surface area contributed by atoms with Crippen molar-refractivity contribution in [3.8, 4) is 0 Å². The molecule has 1 amide bonds. The highest BCUT2D eigenvalue weighted by atomic mass is 35.5. The van der Waals surface area contributed by atoms with E-state index in [0.717, 1.165) is 50.1 Å². The highest BCUT2D eigenvalue weighted by molar-refractivity contribution is 6.42. The Morgan fingerprint density at radius 3 is 2.54 bits per heavy atom. The fraction of sp³-hybridized carbons (Fsp3) is 0.381. The van der Waals surface area contributed by atoms with E-state index in [9.17, 15) is 4.79 Å². The third-order valence-electron chi connectivity index (χ3n) is 4.90. The standard InChI is InChI=1S/C21H24Cl2N2O/c1-2-15-5-8-18(9-6-15)24-21(26)17-4-3-11-25(14-17)13-16-7-10-19(22)20(23)12-16/h5-10,12,17H,2-4,11,13-14H2,1H3,(H,24,26). The normalized spacial score (nSPS) is 17.9. The lowest BCUT2D eigenvalue weighted by Crippen LogP contribution is -2.40. The minimum Gasteiger partial charge on any atom is -0.326 e. The van der Waals surface area contributed by atoms with Gasteiger partial charge in [0, 0.05) is 18.8 Å². The molecular formula is C21H24Cl2N2O. The molecule has 138 valence electrons. The lowest BCUT2D eigenvalue weighted by Gasteiger charge is -2.32. The van der Waals surface area contributed by atoms with Crippen LogP contribution < -0.4 is 5.32 Å². The van der Waals surface area contributed by atoms with Gasteiger partial charge in [0.15, 0.2) is 0 Å². The molecule has 1 atom stereocenters. The van der Waals surface area contributed by atoms with Crippen LogP contribution in [0.25, 0.3) is 0 Å². The molecule has 0 aromatic heterocycles. The number of rotatable bonds is 5. The van der Waals surface area contributed by atoms with Gasteiger partial charge in [0.2, 0.25) is 5.91 Å². The highest BCUT2D eigenvalue weighted by Crippen LogP contribution is 2.25. The summed E-state index contributed by atoms with van der Waals surface area (Å²) in [7, 11) is 0. The summed E-state index contributed by atoms with van der Waals surface area (Å²) in [6.45, 7) is 4.66. The molecule has 1 heterocycles. The first kappa shape index (κ1) is 19.2. The minimum atomic E-state index is 0.0115. The van der Waals surface area contributed by atoms with Crippen LogP contribution in [0.15, 0.2) is 42.5 Å². The molecule has 1 aliphatic heterocycles.